The van der Waals surface area contributed by atoms with Crippen molar-refractivity contribution in [2.24, 2.45) is 0 Å². The second kappa shape index (κ2) is 13.5. The average Bonchev–Trinajstić information content (AvgIpc) is 2.78. The van der Waals surface area contributed by atoms with Crippen molar-refractivity contribution in [3.63, 3.8) is 0 Å². The number of benzene rings is 2. The number of carbonyl (C=O) groups is 2. The molecule has 1 unspecified atom stereocenters. The number of hydrogen-bond acceptors (Lipinski definition) is 3. The predicted molar refractivity (Wildman–Crippen MR) is 142 cm³/mol. The molecule has 0 aliphatic carbocycles. The minimum absolute atomic E-state index is 0.00907. The number of ketones is 1. The van der Waals surface area contributed by atoms with Crippen molar-refractivity contribution in [2.45, 2.75) is 104 Å². The minimum atomic E-state index is -0.937. The molecule has 0 aromatic heterocycles. The average molecular weight is 465 g/mol. The van der Waals surface area contributed by atoms with E-state index >= 15 is 0 Å². The number of ether oxygens (including phenoxy) is 1. The first kappa shape index (κ1) is 27.8. The van der Waals surface area contributed by atoms with Gasteiger partial charge in [-0.05, 0) is 47.9 Å². The molecule has 0 heterocycles. The molecule has 0 radical (unpaired) electrons. The lowest BCUT2D eigenvalue weighted by Gasteiger charge is -2.23. The van der Waals surface area contributed by atoms with Crippen molar-refractivity contribution in [3.8, 4) is 0 Å². The van der Waals surface area contributed by atoms with Gasteiger partial charge in [-0.3, -0.25) is 9.59 Å². The molecule has 0 bridgehead atoms. The van der Waals surface area contributed by atoms with Gasteiger partial charge < -0.3 is 4.74 Å². The Morgan fingerprint density at radius 2 is 1.35 bits per heavy atom. The summed E-state index contributed by atoms with van der Waals surface area (Å²) in [5.74, 6) is -1.56. The van der Waals surface area contributed by atoms with Gasteiger partial charge in [0.05, 0.1) is 6.61 Å². The lowest BCUT2D eigenvalue weighted by molar-refractivity contribution is -0.144. The maximum atomic E-state index is 13.7. The standard InChI is InChI=1S/C31H44O3/c1-7-8-9-10-11-12-13-17-20-34-30(33)28(25-18-15-14-16-19-25)29(32)27-23(2)21-26(22-24(27)3)31(4,5)6/h14-16,18-19,21-22,28H,7-13,17,20H2,1-6H3. The van der Waals surface area contributed by atoms with Gasteiger partial charge >= 0.3 is 5.97 Å². The SMILES string of the molecule is CCCCCCCCCCOC(=O)C(C(=O)c1c(C)cc(C(C)(C)C)cc1C)c1ccccc1. The fraction of sp³-hybridized carbons (Fsp3) is 0.548. The van der Waals surface area contributed by atoms with Crippen LogP contribution < -0.4 is 0 Å². The molecule has 2 aromatic carbocycles. The molecule has 34 heavy (non-hydrogen) atoms. The maximum absolute atomic E-state index is 13.7. The Morgan fingerprint density at radius 1 is 0.824 bits per heavy atom. The Hall–Kier alpha value is -2.42. The van der Waals surface area contributed by atoms with Crippen molar-refractivity contribution in [1.29, 1.82) is 0 Å². The van der Waals surface area contributed by atoms with Gasteiger partial charge in [-0.2, -0.15) is 0 Å². The summed E-state index contributed by atoms with van der Waals surface area (Å²) in [5, 5.41) is 0. The van der Waals surface area contributed by atoms with Crippen LogP contribution in [0.15, 0.2) is 42.5 Å². The smallest absolute Gasteiger partial charge is 0.321 e. The molecule has 0 spiro atoms. The molecule has 0 fully saturated rings. The molecular formula is C31H44O3. The Bertz CT molecular complexity index is 898. The van der Waals surface area contributed by atoms with E-state index in [1.165, 1.54) is 44.1 Å². The molecule has 2 aromatic rings. The Morgan fingerprint density at radius 3 is 1.88 bits per heavy atom. The summed E-state index contributed by atoms with van der Waals surface area (Å²) in [6.07, 6.45) is 9.46. The van der Waals surface area contributed by atoms with Crippen LogP contribution in [0.5, 0.6) is 0 Å². The summed E-state index contributed by atoms with van der Waals surface area (Å²) in [4.78, 5) is 26.9. The molecule has 2 rings (SSSR count). The number of esters is 1. The highest BCUT2D eigenvalue weighted by Gasteiger charge is 2.33. The predicted octanol–water partition coefficient (Wildman–Crippen LogP) is 8.25. The van der Waals surface area contributed by atoms with Crippen LogP contribution in [-0.4, -0.2) is 18.4 Å². The molecule has 3 nitrogen and oxygen atoms in total. The summed E-state index contributed by atoms with van der Waals surface area (Å²) in [6.45, 7) is 13.0. The van der Waals surface area contributed by atoms with Crippen LogP contribution >= 0.6 is 0 Å². The van der Waals surface area contributed by atoms with Crippen LogP contribution in [0.25, 0.3) is 0 Å². The Labute approximate surface area is 207 Å². The van der Waals surface area contributed by atoms with Crippen molar-refractivity contribution in [1.82, 2.24) is 0 Å². The fourth-order valence-corrected chi connectivity index (χ4v) is 4.46. The molecule has 1 atom stereocenters. The highest BCUT2D eigenvalue weighted by Crippen LogP contribution is 2.31. The molecule has 0 aliphatic rings. The monoisotopic (exact) mass is 464 g/mol. The van der Waals surface area contributed by atoms with Crippen molar-refractivity contribution < 1.29 is 14.3 Å². The van der Waals surface area contributed by atoms with Crippen LogP contribution in [0.1, 0.15) is 118 Å². The third-order valence-electron chi connectivity index (χ3n) is 6.52. The minimum Gasteiger partial charge on any atom is -0.465 e. The van der Waals surface area contributed by atoms with Gasteiger partial charge in [0.15, 0.2) is 5.78 Å². The molecule has 0 N–H and O–H groups in total. The summed E-state index contributed by atoms with van der Waals surface area (Å²) < 4.78 is 5.64. The second-order valence-electron chi connectivity index (χ2n) is 10.6. The Balaban J connectivity index is 2.11. The first-order valence-electron chi connectivity index (χ1n) is 13.0. The summed E-state index contributed by atoms with van der Waals surface area (Å²) in [7, 11) is 0. The van der Waals surface area contributed by atoms with Crippen LogP contribution in [0.2, 0.25) is 0 Å². The van der Waals surface area contributed by atoms with E-state index in [0.717, 1.165) is 24.0 Å². The number of carbonyl (C=O) groups excluding carboxylic acids is 2. The molecule has 3 heteroatoms. The third-order valence-corrected chi connectivity index (χ3v) is 6.52. The van der Waals surface area contributed by atoms with E-state index in [1.54, 1.807) is 0 Å². The zero-order valence-corrected chi connectivity index (χ0v) is 22.2. The van der Waals surface area contributed by atoms with E-state index in [2.05, 4.69) is 39.8 Å². The van der Waals surface area contributed by atoms with Crippen molar-refractivity contribution in [2.75, 3.05) is 6.61 Å². The molecular weight excluding hydrogens is 420 g/mol. The highest BCUT2D eigenvalue weighted by atomic mass is 16.5. The normalized spacial score (nSPS) is 12.4. The van der Waals surface area contributed by atoms with Crippen LogP contribution in [0.4, 0.5) is 0 Å². The van der Waals surface area contributed by atoms with Gasteiger partial charge in [0.25, 0.3) is 0 Å². The number of unbranched alkanes of at least 4 members (excludes halogenated alkanes) is 7. The van der Waals surface area contributed by atoms with Gasteiger partial charge in [-0.25, -0.2) is 0 Å². The van der Waals surface area contributed by atoms with Crippen molar-refractivity contribution in [3.05, 3.63) is 70.3 Å². The number of hydrogen-bond donors (Lipinski definition) is 0. The van der Waals surface area contributed by atoms with Gasteiger partial charge in [-0.1, -0.05) is 115 Å². The van der Waals surface area contributed by atoms with E-state index < -0.39 is 11.9 Å². The van der Waals surface area contributed by atoms with E-state index in [4.69, 9.17) is 4.74 Å². The topological polar surface area (TPSA) is 43.4 Å². The number of Topliss-reactive ketones (excluding diaryl/α,β-unsaturated/α-hetero) is 1. The summed E-state index contributed by atoms with van der Waals surface area (Å²) >= 11 is 0. The largest absolute Gasteiger partial charge is 0.465 e. The van der Waals surface area contributed by atoms with E-state index in [-0.39, 0.29) is 11.2 Å². The summed E-state index contributed by atoms with van der Waals surface area (Å²) in [5.41, 5.74) is 4.31. The number of rotatable bonds is 13. The first-order valence-corrected chi connectivity index (χ1v) is 13.0. The zero-order chi connectivity index (χ0) is 25.1. The highest BCUT2D eigenvalue weighted by molar-refractivity contribution is 6.14. The zero-order valence-electron chi connectivity index (χ0n) is 22.2. The lowest BCUT2D eigenvalue weighted by atomic mass is 9.81. The van der Waals surface area contributed by atoms with E-state index in [1.807, 2.05) is 44.2 Å². The molecule has 0 saturated carbocycles. The molecule has 0 saturated heterocycles. The Kier molecular flexibility index (Phi) is 11.0. The lowest BCUT2D eigenvalue weighted by Crippen LogP contribution is -2.26. The first-order chi connectivity index (χ1) is 16.2. The van der Waals surface area contributed by atoms with Gasteiger partial charge in [0, 0.05) is 5.56 Å². The fourth-order valence-electron chi connectivity index (χ4n) is 4.46. The summed E-state index contributed by atoms with van der Waals surface area (Å²) in [6, 6.07) is 13.5. The molecule has 0 aliphatic heterocycles. The molecule has 186 valence electrons. The third kappa shape index (κ3) is 8.11. The van der Waals surface area contributed by atoms with Crippen LogP contribution in [0.3, 0.4) is 0 Å². The number of aryl methyl sites for hydroxylation is 2. The molecule has 0 amide bonds. The van der Waals surface area contributed by atoms with E-state index in [9.17, 15) is 9.59 Å². The van der Waals surface area contributed by atoms with E-state index in [0.29, 0.717) is 17.7 Å². The van der Waals surface area contributed by atoms with Crippen molar-refractivity contribution >= 4 is 11.8 Å². The van der Waals surface area contributed by atoms with Crippen LogP contribution in [-0.2, 0) is 14.9 Å². The van der Waals surface area contributed by atoms with Gasteiger partial charge in [0.2, 0.25) is 0 Å². The maximum Gasteiger partial charge on any atom is 0.321 e. The quantitative estimate of drug-likeness (QED) is 0.130. The second-order valence-corrected chi connectivity index (χ2v) is 10.6. The van der Waals surface area contributed by atoms with Gasteiger partial charge in [-0.15, -0.1) is 0 Å². The van der Waals surface area contributed by atoms with Crippen LogP contribution in [0, 0.1) is 13.8 Å². The van der Waals surface area contributed by atoms with Gasteiger partial charge in [0.1, 0.15) is 5.92 Å².